The lowest BCUT2D eigenvalue weighted by Crippen LogP contribution is -2.43. The molecule has 58 heavy (non-hydrogen) atoms. The van der Waals surface area contributed by atoms with E-state index in [0.717, 1.165) is 71.4 Å². The van der Waals surface area contributed by atoms with Gasteiger partial charge in [0.15, 0.2) is 5.78 Å². The molecule has 0 bridgehead atoms. The number of amides is 1. The van der Waals surface area contributed by atoms with Crippen molar-refractivity contribution in [3.63, 3.8) is 0 Å². The lowest BCUT2D eigenvalue weighted by Gasteiger charge is -2.23. The van der Waals surface area contributed by atoms with Gasteiger partial charge in [0.05, 0.1) is 19.6 Å². The Labute approximate surface area is 362 Å². The van der Waals surface area contributed by atoms with Gasteiger partial charge in [-0.2, -0.15) is 0 Å². The van der Waals surface area contributed by atoms with E-state index in [1.807, 2.05) is 0 Å². The van der Waals surface area contributed by atoms with Crippen LogP contribution in [0.3, 0.4) is 0 Å². The molecule has 0 saturated carbocycles. The molecule has 0 heterocycles. The Morgan fingerprint density at radius 2 is 0.690 bits per heavy atom. The number of unbranched alkanes of at least 4 members (excludes halogenated alkanes) is 30. The number of carbonyl (C=O) groups excluding carboxylic acids is 2. The molecule has 0 aliphatic rings. The van der Waals surface area contributed by atoms with Crippen LogP contribution in [0.2, 0.25) is 0 Å². The third-order valence-electron chi connectivity index (χ3n) is 12.0. The summed E-state index contributed by atoms with van der Waals surface area (Å²) in [5, 5.41) is 6.36. The van der Waals surface area contributed by atoms with E-state index in [1.54, 1.807) is 0 Å². The number of nitrogens with zero attached hydrogens (tertiary/aromatic N) is 2. The van der Waals surface area contributed by atoms with Crippen LogP contribution in [-0.2, 0) is 9.59 Å². The Morgan fingerprint density at radius 3 is 1.07 bits per heavy atom. The second-order valence-electron chi connectivity index (χ2n) is 17.9. The highest BCUT2D eigenvalue weighted by Crippen LogP contribution is 2.16. The summed E-state index contributed by atoms with van der Waals surface area (Å²) in [6.07, 6.45) is 46.7. The van der Waals surface area contributed by atoms with E-state index in [9.17, 15) is 9.59 Å². The summed E-state index contributed by atoms with van der Waals surface area (Å²) >= 11 is 0. The van der Waals surface area contributed by atoms with E-state index in [4.69, 9.17) is 11.5 Å². The van der Waals surface area contributed by atoms with E-state index < -0.39 is 0 Å². The second kappa shape index (κ2) is 48.6. The molecule has 8 nitrogen and oxygen atoms in total. The van der Waals surface area contributed by atoms with Crippen molar-refractivity contribution in [2.45, 2.75) is 239 Å². The van der Waals surface area contributed by atoms with Crippen molar-refractivity contribution < 1.29 is 9.59 Å². The Hall–Kier alpha value is -1.06. The largest absolute Gasteiger partial charge is 0.348 e. The Bertz CT molecular complexity index is 794. The fourth-order valence-corrected chi connectivity index (χ4v) is 8.16. The molecule has 0 radical (unpaired) electrons. The molecule has 0 unspecified atom stereocenters. The topological polar surface area (TPSA) is 117 Å². The van der Waals surface area contributed by atoms with E-state index in [1.165, 1.54) is 193 Å². The van der Waals surface area contributed by atoms with E-state index in [2.05, 4.69) is 34.3 Å². The van der Waals surface area contributed by atoms with Gasteiger partial charge >= 0.3 is 0 Å². The van der Waals surface area contributed by atoms with Gasteiger partial charge in [0.1, 0.15) is 0 Å². The number of Topliss-reactive ketones (excluding diaryl/α,β-unsaturated/α-hetero) is 1. The summed E-state index contributed by atoms with van der Waals surface area (Å²) in [6.45, 7) is 12.2. The standard InChI is InChI=1S/C50H104N6O2/c1-3-5-7-9-11-13-15-17-19-21-23-25-27-29-31-33-42-55(43-34-32-30-28-26-24-22-20-18-16-14-12-10-8-6-4-2)47-49(57)46-54-50(58)48-56(44-36-39-52)45-37-41-53-40-35-38-51/h53H,3-48,51-52H2,1-2H3,(H,54,58). The SMILES string of the molecule is CCCCCCCCCCCCCCCCCCN(CCCCCCCCCCCCCCCCCC)CC(=O)CNC(=O)CN(CCCN)CCCNCCCN. The zero-order chi connectivity index (χ0) is 42.3. The molecule has 0 atom stereocenters. The predicted octanol–water partition coefficient (Wildman–Crippen LogP) is 11.5. The fourth-order valence-electron chi connectivity index (χ4n) is 8.16. The maximum atomic E-state index is 13.2. The molecule has 0 spiro atoms. The summed E-state index contributed by atoms with van der Waals surface area (Å²) in [6, 6.07) is 0. The molecule has 0 saturated heterocycles. The zero-order valence-electron chi connectivity index (χ0n) is 39.4. The van der Waals surface area contributed by atoms with Crippen LogP contribution in [0.25, 0.3) is 0 Å². The van der Waals surface area contributed by atoms with E-state index >= 15 is 0 Å². The number of hydrogen-bond acceptors (Lipinski definition) is 7. The van der Waals surface area contributed by atoms with Gasteiger partial charge in [-0.05, 0) is 84.5 Å². The lowest BCUT2D eigenvalue weighted by atomic mass is 10.0. The summed E-state index contributed by atoms with van der Waals surface area (Å²) in [5.41, 5.74) is 11.4. The minimum Gasteiger partial charge on any atom is -0.348 e. The van der Waals surface area contributed by atoms with Gasteiger partial charge in [0, 0.05) is 0 Å². The minimum atomic E-state index is -0.0661. The van der Waals surface area contributed by atoms with Crippen LogP contribution in [0, 0.1) is 0 Å². The first-order chi connectivity index (χ1) is 28.6. The van der Waals surface area contributed by atoms with Crippen molar-refractivity contribution in [2.24, 2.45) is 11.5 Å². The van der Waals surface area contributed by atoms with Crippen LogP contribution in [-0.4, -0.2) is 93.5 Å². The summed E-state index contributed by atoms with van der Waals surface area (Å²) in [4.78, 5) is 30.6. The molecule has 346 valence electrons. The molecule has 0 aliphatic carbocycles. The molecule has 0 aromatic heterocycles. The van der Waals surface area contributed by atoms with Gasteiger partial charge in [-0.15, -0.1) is 0 Å². The number of hydrogen-bond donors (Lipinski definition) is 4. The molecule has 0 fully saturated rings. The molecule has 0 aliphatic heterocycles. The average molecular weight is 821 g/mol. The Balaban J connectivity index is 4.44. The van der Waals surface area contributed by atoms with Crippen LogP contribution < -0.4 is 22.1 Å². The highest BCUT2D eigenvalue weighted by molar-refractivity contribution is 5.87. The predicted molar refractivity (Wildman–Crippen MR) is 255 cm³/mol. The Morgan fingerprint density at radius 1 is 0.379 bits per heavy atom. The maximum Gasteiger partial charge on any atom is 0.234 e. The van der Waals surface area contributed by atoms with Crippen molar-refractivity contribution in [1.29, 1.82) is 0 Å². The average Bonchev–Trinajstić information content (AvgIpc) is 3.22. The van der Waals surface area contributed by atoms with Crippen LogP contribution >= 0.6 is 0 Å². The van der Waals surface area contributed by atoms with Crippen LogP contribution in [0.1, 0.15) is 239 Å². The monoisotopic (exact) mass is 821 g/mol. The first-order valence-corrected chi connectivity index (χ1v) is 25.9. The highest BCUT2D eigenvalue weighted by Gasteiger charge is 2.14. The van der Waals surface area contributed by atoms with Crippen LogP contribution in [0.15, 0.2) is 0 Å². The molecule has 0 aromatic carbocycles. The van der Waals surface area contributed by atoms with Crippen LogP contribution in [0.4, 0.5) is 0 Å². The van der Waals surface area contributed by atoms with E-state index in [0.29, 0.717) is 26.2 Å². The van der Waals surface area contributed by atoms with E-state index in [-0.39, 0.29) is 18.2 Å². The number of rotatable bonds is 50. The van der Waals surface area contributed by atoms with Gasteiger partial charge in [-0.3, -0.25) is 19.4 Å². The summed E-state index contributed by atoms with van der Waals surface area (Å²) < 4.78 is 0. The molecular weight excluding hydrogens is 717 g/mol. The first kappa shape index (κ1) is 56.9. The molecule has 0 aromatic rings. The van der Waals surface area contributed by atoms with Gasteiger partial charge in [-0.1, -0.05) is 206 Å². The Kier molecular flexibility index (Phi) is 47.7. The molecule has 1 amide bonds. The van der Waals surface area contributed by atoms with Gasteiger partial charge in [0.25, 0.3) is 0 Å². The maximum absolute atomic E-state index is 13.2. The molecule has 6 N–H and O–H groups in total. The molecule has 0 rings (SSSR count). The zero-order valence-corrected chi connectivity index (χ0v) is 39.4. The number of carbonyl (C=O) groups is 2. The first-order valence-electron chi connectivity index (χ1n) is 25.9. The molecule has 8 heteroatoms. The quantitative estimate of drug-likeness (QED) is 0.0452. The normalized spacial score (nSPS) is 11.7. The van der Waals surface area contributed by atoms with Crippen molar-refractivity contribution >= 4 is 11.7 Å². The van der Waals surface area contributed by atoms with Gasteiger partial charge < -0.3 is 22.1 Å². The third kappa shape index (κ3) is 44.5. The summed E-state index contributed by atoms with van der Waals surface area (Å²) in [5.74, 6) is 0.0579. The van der Waals surface area contributed by atoms with Crippen molar-refractivity contribution in [3.8, 4) is 0 Å². The van der Waals surface area contributed by atoms with Gasteiger partial charge in [0.2, 0.25) is 5.91 Å². The van der Waals surface area contributed by atoms with Crippen molar-refractivity contribution in [2.75, 3.05) is 72.0 Å². The lowest BCUT2D eigenvalue weighted by molar-refractivity contribution is -0.126. The third-order valence-corrected chi connectivity index (χ3v) is 12.0. The number of nitrogens with one attached hydrogen (secondary N) is 2. The second-order valence-corrected chi connectivity index (χ2v) is 17.9. The highest BCUT2D eigenvalue weighted by atomic mass is 16.2. The number of nitrogens with two attached hydrogens (primary N) is 2. The fraction of sp³-hybridized carbons (Fsp3) is 0.960. The van der Waals surface area contributed by atoms with Crippen LogP contribution in [0.5, 0.6) is 0 Å². The van der Waals surface area contributed by atoms with Crippen molar-refractivity contribution in [1.82, 2.24) is 20.4 Å². The molecular formula is C50H104N6O2. The van der Waals surface area contributed by atoms with Crippen molar-refractivity contribution in [3.05, 3.63) is 0 Å². The summed E-state index contributed by atoms with van der Waals surface area (Å²) in [7, 11) is 0. The number of ketones is 1. The smallest absolute Gasteiger partial charge is 0.234 e. The van der Waals surface area contributed by atoms with Gasteiger partial charge in [-0.25, -0.2) is 0 Å². The minimum absolute atomic E-state index is 0.0661.